The second kappa shape index (κ2) is 12.6. The molecule has 3 heterocycles. The van der Waals surface area contributed by atoms with Gasteiger partial charge in [0, 0.05) is 42.7 Å². The van der Waals surface area contributed by atoms with Crippen LogP contribution >= 0.6 is 11.3 Å². The molecule has 10 rings (SSSR count). The van der Waals surface area contributed by atoms with Crippen molar-refractivity contribution >= 4 is 43.2 Å². The van der Waals surface area contributed by atoms with Gasteiger partial charge in [-0.1, -0.05) is 140 Å². The van der Waals surface area contributed by atoms with Crippen molar-refractivity contribution in [1.29, 1.82) is 0 Å². The van der Waals surface area contributed by atoms with Crippen molar-refractivity contribution in [3.63, 3.8) is 0 Å². The average Bonchev–Trinajstić information content (AvgIpc) is 3.82. The molecule has 0 amide bonds. The van der Waals surface area contributed by atoms with Crippen molar-refractivity contribution in [2.24, 2.45) is 0 Å². The zero-order valence-corrected chi connectivity index (χ0v) is 28.8. The first-order valence-electron chi connectivity index (χ1n) is 17.4. The predicted octanol–water partition coefficient (Wildman–Crippen LogP) is 12.5. The lowest BCUT2D eigenvalue weighted by atomic mass is 10.0. The number of nitrogens with zero attached hydrogens (tertiary/aromatic N) is 4. The van der Waals surface area contributed by atoms with E-state index in [1.807, 2.05) is 47.7 Å². The van der Waals surface area contributed by atoms with E-state index in [1.54, 1.807) is 0 Å². The summed E-state index contributed by atoms with van der Waals surface area (Å²) in [5, 5.41) is 3.81. The first-order valence-corrected chi connectivity index (χ1v) is 18.2. The molecule has 0 aliphatic heterocycles. The maximum absolute atomic E-state index is 5.03. The Morgan fingerprint density at radius 3 is 1.50 bits per heavy atom. The van der Waals surface area contributed by atoms with E-state index in [1.165, 1.54) is 47.9 Å². The molecule has 0 unspecified atom stereocenters. The van der Waals surface area contributed by atoms with Gasteiger partial charge in [0.25, 0.3) is 0 Å². The Morgan fingerprint density at radius 2 is 0.865 bits per heavy atom. The van der Waals surface area contributed by atoms with E-state index < -0.39 is 0 Å². The van der Waals surface area contributed by atoms with Gasteiger partial charge in [0.15, 0.2) is 17.5 Å². The normalized spacial score (nSPS) is 11.5. The fourth-order valence-electron chi connectivity index (χ4n) is 7.12. The van der Waals surface area contributed by atoms with E-state index in [-0.39, 0.29) is 0 Å². The third-order valence-corrected chi connectivity index (χ3v) is 10.9. The number of rotatable bonds is 6. The molecule has 5 heteroatoms. The first kappa shape index (κ1) is 30.2. The SMILES string of the molecule is c1ccc(-c2ccc(-c3nc(-c4ccccc4)nc(-c4ccc(-n5c6ccccc6c6c7sc(-c8ccccc8)cc7ccc65)cc4)n3)cc2)cc1. The first-order chi connectivity index (χ1) is 25.8. The Bertz CT molecular complexity index is 2860. The Balaban J connectivity index is 1.07. The topological polar surface area (TPSA) is 43.6 Å². The van der Waals surface area contributed by atoms with Crippen LogP contribution in [0.3, 0.4) is 0 Å². The van der Waals surface area contributed by atoms with Gasteiger partial charge in [-0.05, 0) is 64.5 Å². The highest BCUT2D eigenvalue weighted by molar-refractivity contribution is 7.23. The van der Waals surface area contributed by atoms with Gasteiger partial charge in [0.1, 0.15) is 0 Å². The molecule has 52 heavy (non-hydrogen) atoms. The fraction of sp³-hybridized carbons (Fsp3) is 0. The number of aromatic nitrogens is 4. The monoisotopic (exact) mass is 682 g/mol. The molecular formula is C47H30N4S. The van der Waals surface area contributed by atoms with Gasteiger partial charge in [-0.2, -0.15) is 0 Å². The fourth-order valence-corrected chi connectivity index (χ4v) is 8.35. The second-order valence-corrected chi connectivity index (χ2v) is 13.9. The van der Waals surface area contributed by atoms with Crippen LogP contribution in [0.4, 0.5) is 0 Å². The highest BCUT2D eigenvalue weighted by atomic mass is 32.1. The number of hydrogen-bond acceptors (Lipinski definition) is 4. The van der Waals surface area contributed by atoms with Crippen molar-refractivity contribution in [2.75, 3.05) is 0 Å². The molecule has 0 saturated heterocycles. The van der Waals surface area contributed by atoms with Gasteiger partial charge < -0.3 is 4.57 Å². The number of fused-ring (bicyclic) bond motifs is 5. The molecule has 10 aromatic rings. The smallest absolute Gasteiger partial charge is 0.164 e. The van der Waals surface area contributed by atoms with E-state index in [0.29, 0.717) is 17.5 Å². The van der Waals surface area contributed by atoms with Crippen LogP contribution in [0.25, 0.3) is 93.3 Å². The van der Waals surface area contributed by atoms with E-state index in [4.69, 9.17) is 15.0 Å². The molecule has 0 atom stereocenters. The van der Waals surface area contributed by atoms with Crippen molar-refractivity contribution in [2.45, 2.75) is 0 Å². The molecule has 4 nitrogen and oxygen atoms in total. The largest absolute Gasteiger partial charge is 0.309 e. The lowest BCUT2D eigenvalue weighted by Crippen LogP contribution is -2.00. The number of hydrogen-bond donors (Lipinski definition) is 0. The highest BCUT2D eigenvalue weighted by Gasteiger charge is 2.18. The lowest BCUT2D eigenvalue weighted by Gasteiger charge is -2.11. The molecule has 0 radical (unpaired) electrons. The third kappa shape index (κ3) is 5.27. The summed E-state index contributed by atoms with van der Waals surface area (Å²) < 4.78 is 3.68. The average molecular weight is 683 g/mol. The van der Waals surface area contributed by atoms with E-state index >= 15 is 0 Å². The molecule has 0 saturated carbocycles. The molecule has 0 spiro atoms. The standard InChI is InChI=1S/C47H30N4S/c1-4-12-31(13-5-1)32-20-22-35(23-21-32)46-48-45(34-16-8-3-9-17-34)49-47(50-46)36-24-27-38(28-25-36)51-40-19-11-10-18-39(40)43-41(51)29-26-37-30-42(52-44(37)43)33-14-6-2-7-15-33/h1-30H. The van der Waals surface area contributed by atoms with Gasteiger partial charge in [-0.3, -0.25) is 0 Å². The summed E-state index contributed by atoms with van der Waals surface area (Å²) in [5.41, 5.74) is 9.86. The highest BCUT2D eigenvalue weighted by Crippen LogP contribution is 2.43. The minimum absolute atomic E-state index is 0.637. The Hall–Kier alpha value is -6.69. The lowest BCUT2D eigenvalue weighted by molar-refractivity contribution is 1.07. The van der Waals surface area contributed by atoms with Crippen LogP contribution in [-0.4, -0.2) is 19.5 Å². The van der Waals surface area contributed by atoms with Crippen LogP contribution in [0, 0.1) is 0 Å². The molecule has 0 N–H and O–H groups in total. The van der Waals surface area contributed by atoms with Crippen LogP contribution < -0.4 is 0 Å². The summed E-state index contributed by atoms with van der Waals surface area (Å²) in [4.78, 5) is 16.2. The van der Waals surface area contributed by atoms with Crippen molar-refractivity contribution < 1.29 is 0 Å². The Morgan fingerprint density at radius 1 is 0.385 bits per heavy atom. The third-order valence-electron chi connectivity index (χ3n) is 9.68. The summed E-state index contributed by atoms with van der Waals surface area (Å²) in [6, 6.07) is 63.8. The van der Waals surface area contributed by atoms with Crippen LogP contribution in [0.15, 0.2) is 182 Å². The summed E-state index contributed by atoms with van der Waals surface area (Å²) >= 11 is 1.87. The maximum Gasteiger partial charge on any atom is 0.164 e. The maximum atomic E-state index is 5.03. The summed E-state index contributed by atoms with van der Waals surface area (Å²) in [6.45, 7) is 0. The van der Waals surface area contributed by atoms with Gasteiger partial charge in [0.2, 0.25) is 0 Å². The molecule has 3 aromatic heterocycles. The minimum atomic E-state index is 0.637. The van der Waals surface area contributed by atoms with E-state index in [0.717, 1.165) is 27.9 Å². The number of benzene rings is 7. The zero-order valence-electron chi connectivity index (χ0n) is 28.0. The summed E-state index contributed by atoms with van der Waals surface area (Å²) in [6.07, 6.45) is 0. The van der Waals surface area contributed by atoms with Crippen molar-refractivity contribution in [1.82, 2.24) is 19.5 Å². The van der Waals surface area contributed by atoms with Gasteiger partial charge in [-0.15, -0.1) is 11.3 Å². The minimum Gasteiger partial charge on any atom is -0.309 e. The Kier molecular flexibility index (Phi) is 7.29. The number of para-hydroxylation sites is 1. The summed E-state index contributed by atoms with van der Waals surface area (Å²) in [5.74, 6) is 1.93. The van der Waals surface area contributed by atoms with Crippen molar-refractivity contribution in [3.05, 3.63) is 182 Å². The van der Waals surface area contributed by atoms with Gasteiger partial charge in [0.05, 0.1) is 11.0 Å². The van der Waals surface area contributed by atoms with Crippen LogP contribution in [0.1, 0.15) is 0 Å². The number of thiophene rings is 1. The second-order valence-electron chi connectivity index (χ2n) is 12.9. The molecule has 0 fully saturated rings. The van der Waals surface area contributed by atoms with Crippen LogP contribution in [0.5, 0.6) is 0 Å². The van der Waals surface area contributed by atoms with Gasteiger partial charge >= 0.3 is 0 Å². The van der Waals surface area contributed by atoms with Crippen molar-refractivity contribution in [3.8, 4) is 61.4 Å². The molecular weight excluding hydrogens is 653 g/mol. The van der Waals surface area contributed by atoms with Gasteiger partial charge in [-0.25, -0.2) is 15.0 Å². The quantitative estimate of drug-likeness (QED) is 0.175. The zero-order chi connectivity index (χ0) is 34.4. The van der Waals surface area contributed by atoms with Crippen LogP contribution in [0.2, 0.25) is 0 Å². The molecule has 7 aromatic carbocycles. The molecule has 244 valence electrons. The molecule has 0 aliphatic carbocycles. The molecule has 0 aliphatic rings. The van der Waals surface area contributed by atoms with E-state index in [9.17, 15) is 0 Å². The van der Waals surface area contributed by atoms with Crippen LogP contribution in [-0.2, 0) is 0 Å². The molecule has 0 bridgehead atoms. The summed E-state index contributed by atoms with van der Waals surface area (Å²) in [7, 11) is 0. The Labute approximate surface area is 305 Å². The predicted molar refractivity (Wildman–Crippen MR) is 217 cm³/mol. The van der Waals surface area contributed by atoms with E-state index in [2.05, 4.69) is 150 Å².